The maximum absolute atomic E-state index is 15.0. The van der Waals surface area contributed by atoms with Crippen LogP contribution in [0.1, 0.15) is 96.8 Å². The minimum Gasteiger partial charge on any atom is -0.508 e. The number of aliphatic hydroxyl groups is 2. The van der Waals surface area contributed by atoms with Crippen LogP contribution < -0.4 is 44.2 Å². The van der Waals surface area contributed by atoms with Gasteiger partial charge in [0.1, 0.15) is 35.5 Å². The van der Waals surface area contributed by atoms with Gasteiger partial charge in [0.15, 0.2) is 17.4 Å². The van der Waals surface area contributed by atoms with Gasteiger partial charge in [-0.1, -0.05) is 98.8 Å². The molecule has 0 aliphatic heterocycles. The lowest BCUT2D eigenvalue weighted by atomic mass is 9.80. The Labute approximate surface area is 520 Å². The van der Waals surface area contributed by atoms with Crippen LogP contribution in [0, 0.1) is 5.92 Å². The number of nitrogens with one attached hydrogen (secondary N) is 4. The molecule has 0 fully saturated rings. The van der Waals surface area contributed by atoms with Crippen molar-refractivity contribution in [1.29, 1.82) is 0 Å². The summed E-state index contributed by atoms with van der Waals surface area (Å²) < 4.78 is 6.21. The van der Waals surface area contributed by atoms with E-state index >= 15 is 4.79 Å². The molecule has 1 unspecified atom stereocenters. The van der Waals surface area contributed by atoms with E-state index in [1.165, 1.54) is 50.1 Å². The number of phenolic OH excluding ortho intramolecular Hbond substituents is 1. The molecule has 0 aromatic heterocycles. The zero-order valence-corrected chi connectivity index (χ0v) is 52.3. The third kappa shape index (κ3) is 22.3. The van der Waals surface area contributed by atoms with E-state index in [2.05, 4.69) is 26.3 Å². The van der Waals surface area contributed by atoms with Crippen LogP contribution in [0.3, 0.4) is 0 Å². The number of carbonyl (C=O) groups is 9. The maximum atomic E-state index is 15.0. The molecule has 0 heterocycles. The summed E-state index contributed by atoms with van der Waals surface area (Å²) in [7, 11) is 3.01. The molecule has 4 aromatic rings. The molecule has 0 radical (unpaired) electrons. The average Bonchev–Trinajstić information content (AvgIpc) is 1.40. The quantitative estimate of drug-likeness (QED) is 0.0138. The van der Waals surface area contributed by atoms with Crippen molar-refractivity contribution in [3.63, 3.8) is 0 Å². The highest BCUT2D eigenvalue weighted by molar-refractivity contribution is 6.03. The molecule has 25 heteroatoms. The van der Waals surface area contributed by atoms with Gasteiger partial charge in [0, 0.05) is 58.3 Å². The summed E-state index contributed by atoms with van der Waals surface area (Å²) in [4.78, 5) is 133. The number of nitrogens with two attached hydrogens (primary N) is 4. The Morgan fingerprint density at radius 2 is 1.30 bits per heavy atom. The van der Waals surface area contributed by atoms with Crippen LogP contribution in [-0.4, -0.2) is 184 Å². The van der Waals surface area contributed by atoms with E-state index in [1.807, 2.05) is 56.3 Å². The minimum absolute atomic E-state index is 0.00908. The Bertz CT molecular complexity index is 3130. The van der Waals surface area contributed by atoms with Crippen LogP contribution in [0.15, 0.2) is 114 Å². The Hall–Kier alpha value is -8.46. The number of amides is 7. The van der Waals surface area contributed by atoms with Crippen LogP contribution in [0.5, 0.6) is 5.75 Å². The maximum Gasteiger partial charge on any atom is 0.271 e. The van der Waals surface area contributed by atoms with Crippen molar-refractivity contribution in [1.82, 2.24) is 36.0 Å². The molecule has 89 heavy (non-hydrogen) atoms. The van der Waals surface area contributed by atoms with Crippen molar-refractivity contribution < 1.29 is 63.2 Å². The molecule has 484 valence electrons. The lowest BCUT2D eigenvalue weighted by Crippen LogP contribution is -2.58. The molecule has 7 amide bonds. The van der Waals surface area contributed by atoms with Gasteiger partial charge in [0.25, 0.3) is 11.8 Å². The number of aliphatic imine (C=N–C) groups is 1. The molecular formula is C64H90N12O13. The summed E-state index contributed by atoms with van der Waals surface area (Å²) >= 11 is 0. The minimum atomic E-state index is -1.79. The van der Waals surface area contributed by atoms with Gasteiger partial charge in [-0.3, -0.25) is 53.0 Å². The van der Waals surface area contributed by atoms with Crippen molar-refractivity contribution in [3.8, 4) is 5.75 Å². The Balaban J connectivity index is 1.75. The van der Waals surface area contributed by atoms with E-state index in [-0.39, 0.29) is 69.2 Å². The van der Waals surface area contributed by atoms with Gasteiger partial charge in [-0.15, -0.1) is 0 Å². The molecule has 0 saturated heterocycles. The number of hydrogen-bond acceptors (Lipinski definition) is 17. The van der Waals surface area contributed by atoms with E-state index in [9.17, 15) is 53.7 Å². The van der Waals surface area contributed by atoms with E-state index in [4.69, 9.17) is 27.7 Å². The molecule has 0 spiro atoms. The number of phenols is 1. The highest BCUT2D eigenvalue weighted by atomic mass is 16.5. The van der Waals surface area contributed by atoms with E-state index in [1.54, 1.807) is 58.2 Å². The number of ether oxygens (including phenoxy) is 1. The van der Waals surface area contributed by atoms with Gasteiger partial charge in [0.2, 0.25) is 35.5 Å². The van der Waals surface area contributed by atoms with Gasteiger partial charge in [0.05, 0.1) is 37.9 Å². The zero-order valence-electron chi connectivity index (χ0n) is 52.3. The summed E-state index contributed by atoms with van der Waals surface area (Å²) in [5.74, 6) is -8.33. The van der Waals surface area contributed by atoms with Crippen molar-refractivity contribution in [2.24, 2.45) is 33.8 Å². The number of aromatic hydroxyl groups is 1. The number of carbonyl (C=O) groups excluding carboxylic acids is 9. The fourth-order valence-corrected chi connectivity index (χ4v) is 9.93. The number of benzene rings is 4. The highest BCUT2D eigenvalue weighted by Crippen LogP contribution is 2.34. The number of rotatable bonds is 33. The molecule has 0 bridgehead atoms. The lowest BCUT2D eigenvalue weighted by Gasteiger charge is -2.35. The monoisotopic (exact) mass is 1230 g/mol. The lowest BCUT2D eigenvalue weighted by molar-refractivity contribution is -0.141. The summed E-state index contributed by atoms with van der Waals surface area (Å²) in [6.45, 7) is 8.86. The van der Waals surface area contributed by atoms with Crippen LogP contribution >= 0.6 is 0 Å². The van der Waals surface area contributed by atoms with Gasteiger partial charge in [-0.2, -0.15) is 4.99 Å². The fraction of sp³-hybridized carbons (Fsp3) is 0.469. The Morgan fingerprint density at radius 1 is 0.708 bits per heavy atom. The molecule has 0 saturated carbocycles. The third-order valence-electron chi connectivity index (χ3n) is 14.6. The topological polar surface area (TPSA) is 398 Å². The smallest absolute Gasteiger partial charge is 0.271 e. The second kappa shape index (κ2) is 34.9. The fourth-order valence-electron chi connectivity index (χ4n) is 9.93. The predicted octanol–water partition coefficient (Wildman–Crippen LogP) is 1.13. The number of fused-ring (bicyclic) bond motifs is 1. The first-order valence-corrected chi connectivity index (χ1v) is 29.6. The second-order valence-electron chi connectivity index (χ2n) is 23.2. The van der Waals surface area contributed by atoms with Crippen LogP contribution in [0.4, 0.5) is 0 Å². The Kier molecular flexibility index (Phi) is 28.6. The van der Waals surface area contributed by atoms with Crippen molar-refractivity contribution in [2.75, 3.05) is 46.9 Å². The predicted molar refractivity (Wildman–Crippen MR) is 337 cm³/mol. The number of likely N-dealkylation sites (N-methyl/N-ethyl adjacent to an activating group) is 2. The van der Waals surface area contributed by atoms with Crippen molar-refractivity contribution in [3.05, 3.63) is 126 Å². The molecule has 25 nitrogen and oxygen atoms in total. The van der Waals surface area contributed by atoms with E-state index in [0.717, 1.165) is 32.2 Å². The third-order valence-corrected chi connectivity index (χ3v) is 14.6. The SMILES string of the molecule is CNCC(=O)N[C@@H](Cc1ccccc1)C(=O)N=C(N)N(CCC[C@@H](C(=O)CCCN(C(=O)[C@@H](CO)NC(=O)[C@H](Cc1ccc(O)cc1)NC(=O)[C@@H](N)CO)C(=CC(=O)[C@H](C)N)OC(C)(C)C)N(C)C(=O)[C@@H](N)C(c1cccc2ccccc12)C(C)C)C(C)=O. The standard InChI is InChI=1S/C64H90N12O13/c1-38(2)56(46-23-15-21-43-20-13-14-22-45(43)46)57(67)62(88)74(9)51(24-16-30-75(40(4)79)63(68)73-60(86)48(70-54(83)35-69-8)32-41-18-11-10-12-19-41)52(81)25-17-31-76(55(89-64(5,6)7)34-53(82)39(3)65)61(87)50(37-78)72-59(85)49(71-58(84)47(66)36-77)33-42-26-28-44(80)29-27-42/h10-15,18-23,26-29,34,38-39,47-51,56-57,69,77-78,80H,16-17,24-25,30-33,35-37,65-67H2,1-9H3,(H,70,83)(H,71,84)(H,72,85)(H2,68,73,86)/t39-,47-,48-,49-,50+,51-,56?,57-/m0/s1. The van der Waals surface area contributed by atoms with Gasteiger partial charge in [-0.25, -0.2) is 0 Å². The molecule has 0 aliphatic carbocycles. The van der Waals surface area contributed by atoms with Gasteiger partial charge >= 0.3 is 0 Å². The first kappa shape index (κ1) is 73.0. The number of aliphatic hydroxyl groups excluding tert-OH is 2. The van der Waals surface area contributed by atoms with Crippen molar-refractivity contribution in [2.45, 2.75) is 141 Å². The normalized spacial score (nSPS) is 14.6. The van der Waals surface area contributed by atoms with E-state index in [0.29, 0.717) is 11.1 Å². The molecule has 8 atom stereocenters. The summed E-state index contributed by atoms with van der Waals surface area (Å²) in [5.41, 5.74) is 26.0. The average molecular weight is 1240 g/mol. The summed E-state index contributed by atoms with van der Waals surface area (Å²) in [6, 6.07) is 18.6. The van der Waals surface area contributed by atoms with Gasteiger partial charge < -0.3 is 69.2 Å². The number of ketones is 2. The van der Waals surface area contributed by atoms with E-state index < -0.39 is 132 Å². The van der Waals surface area contributed by atoms with Crippen LogP contribution in [-0.2, 0) is 60.7 Å². The Morgan fingerprint density at radius 3 is 1.90 bits per heavy atom. The molecule has 0 aliphatic rings. The molecule has 4 aromatic carbocycles. The first-order chi connectivity index (χ1) is 42.0. The van der Waals surface area contributed by atoms with Crippen LogP contribution in [0.25, 0.3) is 10.8 Å². The zero-order chi connectivity index (χ0) is 66.3. The highest BCUT2D eigenvalue weighted by Gasteiger charge is 2.38. The first-order valence-electron chi connectivity index (χ1n) is 29.6. The number of nitrogens with zero attached hydrogens (tertiary/aromatic N) is 4. The summed E-state index contributed by atoms with van der Waals surface area (Å²) in [6.07, 6.45) is 0.162. The second-order valence-corrected chi connectivity index (χ2v) is 23.2. The molecule has 4 rings (SSSR count). The van der Waals surface area contributed by atoms with Gasteiger partial charge in [-0.05, 0) is 99.5 Å². The number of Topliss-reactive ketones (excluding diaryl/α,β-unsaturated/α-hetero) is 1. The largest absolute Gasteiger partial charge is 0.508 e. The molecule has 15 N–H and O–H groups in total. The van der Waals surface area contributed by atoms with Crippen LogP contribution in [0.2, 0.25) is 0 Å². The number of hydrogen-bond donors (Lipinski definition) is 11. The number of guanidine groups is 1. The van der Waals surface area contributed by atoms with Crippen molar-refractivity contribution >= 4 is 69.6 Å². The molecular weight excluding hydrogens is 1140 g/mol. The summed E-state index contributed by atoms with van der Waals surface area (Å²) in [5, 5.41) is 42.5.